The molecule has 1 heterocycles. The van der Waals surface area contributed by atoms with Crippen LogP contribution in [0.3, 0.4) is 0 Å². The first kappa shape index (κ1) is 10.5. The van der Waals surface area contributed by atoms with Gasteiger partial charge < -0.3 is 10.2 Å². The molecule has 0 aromatic heterocycles. The number of rotatable bonds is 4. The summed E-state index contributed by atoms with van der Waals surface area (Å²) in [5.74, 6) is 0.966. The fourth-order valence-corrected chi connectivity index (χ4v) is 2.00. The van der Waals surface area contributed by atoms with E-state index in [1.165, 1.54) is 38.9 Å². The van der Waals surface area contributed by atoms with Gasteiger partial charge in [-0.3, -0.25) is 0 Å². The van der Waals surface area contributed by atoms with E-state index in [0.29, 0.717) is 0 Å². The number of nitrogens with zero attached hydrogens (tertiary/aromatic N) is 1. The normalized spacial score (nSPS) is 21.5. The SMILES string of the molecule is CN1CCC(CCNCBr)CC1. The highest BCUT2D eigenvalue weighted by molar-refractivity contribution is 9.09. The lowest BCUT2D eigenvalue weighted by atomic mass is 9.94. The average Bonchev–Trinajstić information content (AvgIpc) is 2.09. The summed E-state index contributed by atoms with van der Waals surface area (Å²) in [5, 5.41) is 3.31. The highest BCUT2D eigenvalue weighted by atomic mass is 79.9. The van der Waals surface area contributed by atoms with E-state index in [9.17, 15) is 0 Å². The summed E-state index contributed by atoms with van der Waals surface area (Å²) >= 11 is 3.36. The van der Waals surface area contributed by atoms with E-state index in [1.807, 2.05) is 0 Å². The van der Waals surface area contributed by atoms with Crippen LogP contribution in [0.25, 0.3) is 0 Å². The maximum Gasteiger partial charge on any atom is 0.0517 e. The summed E-state index contributed by atoms with van der Waals surface area (Å²) in [4.78, 5) is 2.43. The van der Waals surface area contributed by atoms with Crippen LogP contribution in [-0.4, -0.2) is 37.0 Å². The van der Waals surface area contributed by atoms with Crippen molar-refractivity contribution in [2.45, 2.75) is 19.3 Å². The molecule has 1 N–H and O–H groups in total. The average molecular weight is 235 g/mol. The molecule has 12 heavy (non-hydrogen) atoms. The zero-order valence-electron chi connectivity index (χ0n) is 7.85. The molecule has 0 unspecified atom stereocenters. The van der Waals surface area contributed by atoms with E-state index < -0.39 is 0 Å². The fourth-order valence-electron chi connectivity index (χ4n) is 1.72. The van der Waals surface area contributed by atoms with Crippen molar-refractivity contribution in [2.75, 3.05) is 32.1 Å². The maximum absolute atomic E-state index is 3.36. The van der Waals surface area contributed by atoms with Crippen LogP contribution < -0.4 is 5.32 Å². The Morgan fingerprint density at radius 2 is 2.08 bits per heavy atom. The van der Waals surface area contributed by atoms with Crippen LogP contribution in [0, 0.1) is 5.92 Å². The highest BCUT2D eigenvalue weighted by Crippen LogP contribution is 2.18. The lowest BCUT2D eigenvalue weighted by Crippen LogP contribution is -2.31. The van der Waals surface area contributed by atoms with Crippen LogP contribution in [0.2, 0.25) is 0 Å². The molecule has 1 saturated heterocycles. The summed E-state index contributed by atoms with van der Waals surface area (Å²) < 4.78 is 0. The van der Waals surface area contributed by atoms with Crippen molar-refractivity contribution in [1.29, 1.82) is 0 Å². The lowest BCUT2D eigenvalue weighted by Gasteiger charge is -2.28. The smallest absolute Gasteiger partial charge is 0.0517 e. The molecular weight excluding hydrogens is 216 g/mol. The molecule has 3 heteroatoms. The third-order valence-corrected chi connectivity index (χ3v) is 3.06. The minimum Gasteiger partial charge on any atom is -0.307 e. The minimum atomic E-state index is 0.930. The molecule has 0 aromatic carbocycles. The van der Waals surface area contributed by atoms with E-state index in [4.69, 9.17) is 0 Å². The Balaban J connectivity index is 2.01. The second-order valence-electron chi connectivity index (χ2n) is 3.67. The second kappa shape index (κ2) is 5.95. The van der Waals surface area contributed by atoms with E-state index in [1.54, 1.807) is 0 Å². The van der Waals surface area contributed by atoms with Gasteiger partial charge in [-0.25, -0.2) is 0 Å². The molecule has 0 amide bonds. The molecule has 1 rings (SSSR count). The van der Waals surface area contributed by atoms with Crippen molar-refractivity contribution in [2.24, 2.45) is 5.92 Å². The third kappa shape index (κ3) is 3.87. The van der Waals surface area contributed by atoms with Crippen molar-refractivity contribution >= 4 is 15.9 Å². The van der Waals surface area contributed by atoms with Crippen LogP contribution >= 0.6 is 15.9 Å². The van der Waals surface area contributed by atoms with Crippen molar-refractivity contribution < 1.29 is 0 Å². The van der Waals surface area contributed by atoms with Gasteiger partial charge in [-0.05, 0) is 51.9 Å². The van der Waals surface area contributed by atoms with Gasteiger partial charge in [0.2, 0.25) is 0 Å². The standard InChI is InChI=1S/C9H19BrN2/c1-12-6-3-9(4-7-12)2-5-11-8-10/h9,11H,2-8H2,1H3. The Morgan fingerprint density at radius 1 is 1.42 bits per heavy atom. The number of nitrogens with one attached hydrogen (secondary N) is 1. The zero-order chi connectivity index (χ0) is 8.81. The number of likely N-dealkylation sites (tertiary alicyclic amines) is 1. The summed E-state index contributed by atoms with van der Waals surface area (Å²) in [6, 6.07) is 0. The Hall–Kier alpha value is 0.400. The van der Waals surface area contributed by atoms with Crippen LogP contribution in [0.1, 0.15) is 19.3 Å². The first-order valence-electron chi connectivity index (χ1n) is 4.78. The number of hydrogen-bond acceptors (Lipinski definition) is 2. The van der Waals surface area contributed by atoms with Crippen LogP contribution in [0.5, 0.6) is 0 Å². The molecule has 0 saturated carbocycles. The summed E-state index contributed by atoms with van der Waals surface area (Å²) in [6.07, 6.45) is 4.13. The zero-order valence-corrected chi connectivity index (χ0v) is 9.44. The highest BCUT2D eigenvalue weighted by Gasteiger charge is 2.15. The Kier molecular flexibility index (Phi) is 5.19. The van der Waals surface area contributed by atoms with Gasteiger partial charge in [-0.1, -0.05) is 15.9 Å². The second-order valence-corrected chi connectivity index (χ2v) is 4.23. The Bertz CT molecular complexity index is 111. The van der Waals surface area contributed by atoms with Gasteiger partial charge in [0.25, 0.3) is 0 Å². The van der Waals surface area contributed by atoms with Gasteiger partial charge in [0.05, 0.1) is 5.45 Å². The van der Waals surface area contributed by atoms with E-state index in [2.05, 4.69) is 33.2 Å². The van der Waals surface area contributed by atoms with Crippen LogP contribution in [-0.2, 0) is 0 Å². The van der Waals surface area contributed by atoms with Crippen molar-refractivity contribution in [3.8, 4) is 0 Å². The topological polar surface area (TPSA) is 15.3 Å². The molecule has 0 aromatic rings. The monoisotopic (exact) mass is 234 g/mol. The Morgan fingerprint density at radius 3 is 2.67 bits per heavy atom. The van der Waals surface area contributed by atoms with Crippen molar-refractivity contribution in [1.82, 2.24) is 10.2 Å². The lowest BCUT2D eigenvalue weighted by molar-refractivity contribution is 0.212. The van der Waals surface area contributed by atoms with Gasteiger partial charge in [0.1, 0.15) is 0 Å². The largest absolute Gasteiger partial charge is 0.307 e. The summed E-state index contributed by atoms with van der Waals surface area (Å²) in [6.45, 7) is 3.75. The molecule has 0 spiro atoms. The van der Waals surface area contributed by atoms with Gasteiger partial charge in [0, 0.05) is 0 Å². The third-order valence-electron chi connectivity index (χ3n) is 2.66. The van der Waals surface area contributed by atoms with E-state index >= 15 is 0 Å². The molecule has 1 aliphatic heterocycles. The predicted octanol–water partition coefficient (Wildman–Crippen LogP) is 1.66. The first-order chi connectivity index (χ1) is 5.83. The van der Waals surface area contributed by atoms with Crippen molar-refractivity contribution in [3.05, 3.63) is 0 Å². The molecule has 0 bridgehead atoms. The molecular formula is C9H19BrN2. The molecule has 0 radical (unpaired) electrons. The molecule has 1 fully saturated rings. The summed E-state index contributed by atoms with van der Waals surface area (Å²) in [5.41, 5.74) is 0.930. The van der Waals surface area contributed by atoms with Gasteiger partial charge >= 0.3 is 0 Å². The van der Waals surface area contributed by atoms with E-state index in [-0.39, 0.29) is 0 Å². The number of piperidine rings is 1. The fraction of sp³-hybridized carbons (Fsp3) is 1.00. The van der Waals surface area contributed by atoms with Gasteiger partial charge in [-0.2, -0.15) is 0 Å². The molecule has 0 aliphatic carbocycles. The van der Waals surface area contributed by atoms with Crippen LogP contribution in [0.4, 0.5) is 0 Å². The summed E-state index contributed by atoms with van der Waals surface area (Å²) in [7, 11) is 2.22. The van der Waals surface area contributed by atoms with Crippen LogP contribution in [0.15, 0.2) is 0 Å². The van der Waals surface area contributed by atoms with Crippen molar-refractivity contribution in [3.63, 3.8) is 0 Å². The molecule has 72 valence electrons. The Labute approximate surface area is 83.8 Å². The maximum atomic E-state index is 3.36. The molecule has 0 atom stereocenters. The van der Waals surface area contributed by atoms with Gasteiger partial charge in [-0.15, -0.1) is 0 Å². The molecule has 2 nitrogen and oxygen atoms in total. The number of hydrogen-bond donors (Lipinski definition) is 1. The van der Waals surface area contributed by atoms with Gasteiger partial charge in [0.15, 0.2) is 0 Å². The number of alkyl halides is 1. The van der Waals surface area contributed by atoms with E-state index in [0.717, 1.165) is 11.4 Å². The predicted molar refractivity (Wildman–Crippen MR) is 56.6 cm³/mol. The first-order valence-corrected chi connectivity index (χ1v) is 5.90. The molecule has 1 aliphatic rings. The number of halogens is 1. The quantitative estimate of drug-likeness (QED) is 0.453. The minimum absolute atomic E-state index is 0.930.